The average molecular weight is 297 g/mol. The van der Waals surface area contributed by atoms with Crippen LogP contribution in [-0.2, 0) is 14.8 Å². The third-order valence-corrected chi connectivity index (χ3v) is 4.96. The molecule has 0 bridgehead atoms. The number of hydrogen-bond acceptors (Lipinski definition) is 3. The molecule has 1 N–H and O–H groups in total. The predicted molar refractivity (Wildman–Crippen MR) is 80.2 cm³/mol. The molecule has 0 aromatic heterocycles. The van der Waals surface area contributed by atoms with Crippen molar-refractivity contribution < 1.29 is 13.2 Å². The van der Waals surface area contributed by atoms with Crippen LogP contribution in [-0.4, -0.2) is 32.9 Å². The zero-order chi connectivity index (χ0) is 14.6. The molecule has 112 valence electrons. The van der Waals surface area contributed by atoms with E-state index in [1.165, 1.54) is 5.56 Å². The second kappa shape index (κ2) is 6.70. The lowest BCUT2D eigenvalue weighted by Crippen LogP contribution is -2.44. The summed E-state index contributed by atoms with van der Waals surface area (Å²) in [5.74, 6) is 0.522. The van der Waals surface area contributed by atoms with E-state index in [0.717, 1.165) is 12.8 Å². The molecule has 1 saturated carbocycles. The van der Waals surface area contributed by atoms with Gasteiger partial charge in [-0.1, -0.05) is 30.3 Å². The van der Waals surface area contributed by atoms with E-state index in [-0.39, 0.29) is 24.5 Å². The summed E-state index contributed by atoms with van der Waals surface area (Å²) in [6, 6.07) is 10.3. The molecule has 1 aliphatic rings. The molecule has 1 aromatic rings. The molecule has 0 radical (unpaired) electrons. The van der Waals surface area contributed by atoms with Gasteiger partial charge in [-0.25, -0.2) is 13.1 Å². The standard InChI is InChI=1S/C15H23NO3S/c1-12(2)19-8-9-20(17,18)16-15-10-14(11-15)13-6-4-3-5-7-13/h3-7,12,14-16H,8-11H2,1-2H3. The van der Waals surface area contributed by atoms with Crippen molar-refractivity contribution in [2.45, 2.75) is 44.8 Å². The van der Waals surface area contributed by atoms with Crippen LogP contribution in [0.15, 0.2) is 30.3 Å². The lowest BCUT2D eigenvalue weighted by Gasteiger charge is -2.36. The van der Waals surface area contributed by atoms with Crippen LogP contribution in [0.2, 0.25) is 0 Å². The van der Waals surface area contributed by atoms with E-state index in [2.05, 4.69) is 16.9 Å². The van der Waals surface area contributed by atoms with Crippen LogP contribution >= 0.6 is 0 Å². The smallest absolute Gasteiger partial charge is 0.214 e. The van der Waals surface area contributed by atoms with Crippen molar-refractivity contribution in [3.63, 3.8) is 0 Å². The van der Waals surface area contributed by atoms with Gasteiger partial charge in [-0.05, 0) is 38.2 Å². The lowest BCUT2D eigenvalue weighted by molar-refractivity contribution is 0.0910. The first-order valence-corrected chi connectivity index (χ1v) is 8.78. The fourth-order valence-corrected chi connectivity index (χ4v) is 3.55. The molecule has 0 atom stereocenters. The fourth-order valence-electron chi connectivity index (χ4n) is 2.42. The third-order valence-electron chi connectivity index (χ3n) is 3.56. The van der Waals surface area contributed by atoms with Crippen LogP contribution in [0.3, 0.4) is 0 Å². The summed E-state index contributed by atoms with van der Waals surface area (Å²) in [6.45, 7) is 4.05. The van der Waals surface area contributed by atoms with Crippen molar-refractivity contribution in [1.82, 2.24) is 4.72 Å². The van der Waals surface area contributed by atoms with Crippen LogP contribution < -0.4 is 4.72 Å². The van der Waals surface area contributed by atoms with Gasteiger partial charge in [-0.15, -0.1) is 0 Å². The Labute approximate surface area is 121 Å². The van der Waals surface area contributed by atoms with Crippen molar-refractivity contribution in [2.75, 3.05) is 12.4 Å². The molecule has 4 nitrogen and oxygen atoms in total. The molecule has 20 heavy (non-hydrogen) atoms. The molecule has 0 unspecified atom stereocenters. The highest BCUT2D eigenvalue weighted by atomic mass is 32.2. The van der Waals surface area contributed by atoms with E-state index in [9.17, 15) is 8.42 Å². The van der Waals surface area contributed by atoms with Gasteiger partial charge in [0.05, 0.1) is 18.5 Å². The zero-order valence-corrected chi connectivity index (χ0v) is 12.9. The SMILES string of the molecule is CC(C)OCCS(=O)(=O)NC1CC(c2ccccc2)C1. The van der Waals surface area contributed by atoms with E-state index < -0.39 is 10.0 Å². The fraction of sp³-hybridized carbons (Fsp3) is 0.600. The second-order valence-electron chi connectivity index (χ2n) is 5.63. The molecular weight excluding hydrogens is 274 g/mol. The summed E-state index contributed by atoms with van der Waals surface area (Å²) in [5.41, 5.74) is 1.30. The maximum atomic E-state index is 11.9. The molecular formula is C15H23NO3S. The Hall–Kier alpha value is -0.910. The lowest BCUT2D eigenvalue weighted by atomic mass is 9.76. The summed E-state index contributed by atoms with van der Waals surface area (Å²) < 4.78 is 31.8. The number of rotatable bonds is 7. The maximum Gasteiger partial charge on any atom is 0.214 e. The molecule has 1 aromatic carbocycles. The van der Waals surface area contributed by atoms with Gasteiger partial charge in [0, 0.05) is 6.04 Å². The summed E-state index contributed by atoms with van der Waals surface area (Å²) in [7, 11) is -3.22. The number of benzene rings is 1. The van der Waals surface area contributed by atoms with Crippen molar-refractivity contribution in [2.24, 2.45) is 0 Å². The molecule has 0 spiro atoms. The highest BCUT2D eigenvalue weighted by Crippen LogP contribution is 2.36. The first-order chi connectivity index (χ1) is 9.46. The number of sulfonamides is 1. The van der Waals surface area contributed by atoms with E-state index in [0.29, 0.717) is 5.92 Å². The zero-order valence-electron chi connectivity index (χ0n) is 12.1. The normalized spacial score (nSPS) is 22.8. The predicted octanol–water partition coefficient (Wildman–Crippen LogP) is 2.28. The van der Waals surface area contributed by atoms with E-state index in [4.69, 9.17) is 4.74 Å². The minimum Gasteiger partial charge on any atom is -0.378 e. The number of hydrogen-bond donors (Lipinski definition) is 1. The van der Waals surface area contributed by atoms with E-state index in [1.807, 2.05) is 32.0 Å². The largest absolute Gasteiger partial charge is 0.378 e. The highest BCUT2D eigenvalue weighted by molar-refractivity contribution is 7.89. The minimum absolute atomic E-state index is 0.0394. The van der Waals surface area contributed by atoms with Crippen LogP contribution in [0.25, 0.3) is 0 Å². The number of ether oxygens (including phenoxy) is 1. The van der Waals surface area contributed by atoms with Crippen LogP contribution in [0.5, 0.6) is 0 Å². The molecule has 5 heteroatoms. The molecule has 0 heterocycles. The van der Waals surface area contributed by atoms with Crippen LogP contribution in [0, 0.1) is 0 Å². The first-order valence-electron chi connectivity index (χ1n) is 7.13. The van der Waals surface area contributed by atoms with Gasteiger partial charge < -0.3 is 4.74 Å². The van der Waals surface area contributed by atoms with E-state index in [1.54, 1.807) is 0 Å². The molecule has 0 saturated heterocycles. The number of nitrogens with one attached hydrogen (secondary N) is 1. The Balaban J connectivity index is 1.73. The van der Waals surface area contributed by atoms with Gasteiger partial charge in [-0.2, -0.15) is 0 Å². The molecule has 0 amide bonds. The van der Waals surface area contributed by atoms with Gasteiger partial charge in [0.1, 0.15) is 0 Å². The summed E-state index contributed by atoms with van der Waals surface area (Å²) in [5, 5.41) is 0. The quantitative estimate of drug-likeness (QED) is 0.840. The van der Waals surface area contributed by atoms with Gasteiger partial charge in [-0.3, -0.25) is 0 Å². The van der Waals surface area contributed by atoms with Gasteiger partial charge in [0.2, 0.25) is 10.0 Å². The van der Waals surface area contributed by atoms with E-state index >= 15 is 0 Å². The molecule has 0 aliphatic heterocycles. The molecule has 1 fully saturated rings. The average Bonchev–Trinajstić information content (AvgIpc) is 2.33. The van der Waals surface area contributed by atoms with Crippen molar-refractivity contribution in [1.29, 1.82) is 0 Å². The second-order valence-corrected chi connectivity index (χ2v) is 7.51. The molecule has 2 rings (SSSR count). The van der Waals surface area contributed by atoms with Gasteiger partial charge in [0.25, 0.3) is 0 Å². The molecule has 1 aliphatic carbocycles. The Morgan fingerprint density at radius 2 is 1.90 bits per heavy atom. The maximum absolute atomic E-state index is 11.9. The Kier molecular flexibility index (Phi) is 5.18. The monoisotopic (exact) mass is 297 g/mol. The first kappa shape index (κ1) is 15.5. The summed E-state index contributed by atoms with van der Waals surface area (Å²) in [4.78, 5) is 0. The minimum atomic E-state index is -3.22. The van der Waals surface area contributed by atoms with Gasteiger partial charge in [0.15, 0.2) is 0 Å². The van der Waals surface area contributed by atoms with Crippen LogP contribution in [0.1, 0.15) is 38.2 Å². The van der Waals surface area contributed by atoms with Crippen molar-refractivity contribution >= 4 is 10.0 Å². The third kappa shape index (κ3) is 4.58. The van der Waals surface area contributed by atoms with Crippen molar-refractivity contribution in [3.05, 3.63) is 35.9 Å². The van der Waals surface area contributed by atoms with Gasteiger partial charge >= 0.3 is 0 Å². The Bertz CT molecular complexity index is 507. The Morgan fingerprint density at radius 1 is 1.25 bits per heavy atom. The highest BCUT2D eigenvalue weighted by Gasteiger charge is 2.32. The Morgan fingerprint density at radius 3 is 2.50 bits per heavy atom. The summed E-state index contributed by atoms with van der Waals surface area (Å²) >= 11 is 0. The summed E-state index contributed by atoms with van der Waals surface area (Å²) in [6.07, 6.45) is 1.83. The van der Waals surface area contributed by atoms with Crippen molar-refractivity contribution in [3.8, 4) is 0 Å². The van der Waals surface area contributed by atoms with Crippen LogP contribution in [0.4, 0.5) is 0 Å². The topological polar surface area (TPSA) is 55.4 Å².